The lowest BCUT2D eigenvalue weighted by molar-refractivity contribution is -0.0373. The Kier molecular flexibility index (Phi) is 3.95. The fraction of sp³-hybridized carbons (Fsp3) is 0.533. The SMILES string of the molecule is COc1cc(CN2CCOC(c3nnn(C)n3)C2)cc2c1OCO2. The Morgan fingerprint density at radius 2 is 2.25 bits per heavy atom. The number of tetrazole rings is 1. The summed E-state index contributed by atoms with van der Waals surface area (Å²) in [6.07, 6.45) is -0.164. The van der Waals surface area contributed by atoms with Crippen molar-refractivity contribution in [2.45, 2.75) is 12.6 Å². The van der Waals surface area contributed by atoms with E-state index in [9.17, 15) is 0 Å². The van der Waals surface area contributed by atoms with Crippen molar-refractivity contribution in [3.05, 3.63) is 23.5 Å². The Hall–Kier alpha value is -2.39. The van der Waals surface area contributed by atoms with Crippen LogP contribution in [0.15, 0.2) is 12.1 Å². The molecule has 1 saturated heterocycles. The molecule has 0 amide bonds. The number of aromatic nitrogens is 4. The maximum Gasteiger partial charge on any atom is 0.231 e. The Labute approximate surface area is 139 Å². The zero-order valence-corrected chi connectivity index (χ0v) is 13.6. The van der Waals surface area contributed by atoms with Crippen LogP contribution in [0.4, 0.5) is 0 Å². The molecule has 0 aliphatic carbocycles. The molecule has 0 radical (unpaired) electrons. The molecular weight excluding hydrogens is 314 g/mol. The summed E-state index contributed by atoms with van der Waals surface area (Å²) in [5, 5.41) is 12.2. The molecule has 24 heavy (non-hydrogen) atoms. The first-order chi connectivity index (χ1) is 11.7. The lowest BCUT2D eigenvalue weighted by atomic mass is 10.1. The number of nitrogens with zero attached hydrogens (tertiary/aromatic N) is 5. The molecule has 128 valence electrons. The molecule has 2 aliphatic rings. The van der Waals surface area contributed by atoms with Crippen molar-refractivity contribution in [1.29, 1.82) is 0 Å². The third-order valence-corrected chi connectivity index (χ3v) is 4.09. The van der Waals surface area contributed by atoms with Gasteiger partial charge in [0.2, 0.25) is 18.4 Å². The number of morpholine rings is 1. The second-order valence-corrected chi connectivity index (χ2v) is 5.76. The minimum atomic E-state index is -0.164. The maximum absolute atomic E-state index is 5.77. The van der Waals surface area contributed by atoms with Crippen molar-refractivity contribution in [1.82, 2.24) is 25.1 Å². The first-order valence-corrected chi connectivity index (χ1v) is 7.77. The van der Waals surface area contributed by atoms with E-state index in [-0.39, 0.29) is 12.9 Å². The van der Waals surface area contributed by atoms with Crippen LogP contribution in [0.1, 0.15) is 17.5 Å². The van der Waals surface area contributed by atoms with E-state index >= 15 is 0 Å². The van der Waals surface area contributed by atoms with Crippen molar-refractivity contribution in [3.63, 3.8) is 0 Å². The van der Waals surface area contributed by atoms with Gasteiger partial charge in [0.25, 0.3) is 0 Å². The largest absolute Gasteiger partial charge is 0.493 e. The van der Waals surface area contributed by atoms with Gasteiger partial charge in [-0.15, -0.1) is 10.2 Å². The minimum absolute atomic E-state index is 0.164. The number of benzene rings is 1. The van der Waals surface area contributed by atoms with Crippen LogP contribution in [0, 0.1) is 0 Å². The van der Waals surface area contributed by atoms with E-state index < -0.39 is 0 Å². The van der Waals surface area contributed by atoms with Crippen LogP contribution in [-0.2, 0) is 18.3 Å². The summed E-state index contributed by atoms with van der Waals surface area (Å²) in [5.74, 6) is 2.71. The van der Waals surface area contributed by atoms with E-state index in [4.69, 9.17) is 18.9 Å². The Bertz CT molecular complexity index is 735. The average Bonchev–Trinajstić information content (AvgIpc) is 3.23. The van der Waals surface area contributed by atoms with E-state index in [1.807, 2.05) is 12.1 Å². The molecule has 1 unspecified atom stereocenters. The van der Waals surface area contributed by atoms with Gasteiger partial charge in [-0.05, 0) is 22.9 Å². The molecule has 9 heteroatoms. The first kappa shape index (κ1) is 15.2. The normalized spacial score (nSPS) is 20.3. The standard InChI is InChI=1S/C15H19N5O4/c1-19-17-15(16-18-19)13-8-20(3-4-22-13)7-10-5-11(21-2)14-12(6-10)23-9-24-14/h5-6,13H,3-4,7-9H2,1-2H3. The molecule has 2 aromatic rings. The third kappa shape index (κ3) is 2.87. The van der Waals surface area contributed by atoms with E-state index in [2.05, 4.69) is 20.3 Å². The lowest BCUT2D eigenvalue weighted by Crippen LogP contribution is -2.38. The van der Waals surface area contributed by atoms with Crippen LogP contribution in [0.3, 0.4) is 0 Å². The Balaban J connectivity index is 1.49. The summed E-state index contributed by atoms with van der Waals surface area (Å²) in [6, 6.07) is 3.98. The monoisotopic (exact) mass is 333 g/mol. The first-order valence-electron chi connectivity index (χ1n) is 7.77. The summed E-state index contributed by atoms with van der Waals surface area (Å²) < 4.78 is 22.1. The highest BCUT2D eigenvalue weighted by atomic mass is 16.7. The number of hydrogen-bond acceptors (Lipinski definition) is 8. The molecule has 9 nitrogen and oxygen atoms in total. The number of aryl methyl sites for hydroxylation is 1. The van der Waals surface area contributed by atoms with Gasteiger partial charge in [0.1, 0.15) is 6.10 Å². The molecule has 0 bridgehead atoms. The number of ether oxygens (including phenoxy) is 4. The summed E-state index contributed by atoms with van der Waals surface area (Å²) in [5.41, 5.74) is 1.10. The zero-order valence-electron chi connectivity index (χ0n) is 13.6. The summed E-state index contributed by atoms with van der Waals surface area (Å²) in [4.78, 5) is 3.74. The predicted octanol–water partition coefficient (Wildman–Crippen LogP) is 0.521. The number of methoxy groups -OCH3 is 1. The van der Waals surface area contributed by atoms with Crippen LogP contribution in [0.5, 0.6) is 17.2 Å². The zero-order chi connectivity index (χ0) is 16.5. The van der Waals surface area contributed by atoms with Crippen molar-refractivity contribution in [2.24, 2.45) is 7.05 Å². The van der Waals surface area contributed by atoms with Crippen LogP contribution in [0.25, 0.3) is 0 Å². The van der Waals surface area contributed by atoms with E-state index in [0.717, 1.165) is 24.4 Å². The summed E-state index contributed by atoms with van der Waals surface area (Å²) in [7, 11) is 3.38. The van der Waals surface area contributed by atoms with Gasteiger partial charge in [0, 0.05) is 19.6 Å². The fourth-order valence-corrected chi connectivity index (χ4v) is 2.96. The third-order valence-electron chi connectivity index (χ3n) is 4.09. The molecule has 1 atom stereocenters. The summed E-state index contributed by atoms with van der Waals surface area (Å²) in [6.45, 7) is 3.17. The number of rotatable bonds is 4. The summed E-state index contributed by atoms with van der Waals surface area (Å²) >= 11 is 0. The molecule has 0 saturated carbocycles. The van der Waals surface area contributed by atoms with Crippen molar-refractivity contribution < 1.29 is 18.9 Å². The highest BCUT2D eigenvalue weighted by Crippen LogP contribution is 2.42. The smallest absolute Gasteiger partial charge is 0.231 e. The Morgan fingerprint density at radius 1 is 1.33 bits per heavy atom. The number of hydrogen-bond donors (Lipinski definition) is 0. The Morgan fingerprint density at radius 3 is 3.04 bits per heavy atom. The average molecular weight is 333 g/mol. The minimum Gasteiger partial charge on any atom is -0.493 e. The number of fused-ring (bicyclic) bond motifs is 1. The van der Waals surface area contributed by atoms with Gasteiger partial charge < -0.3 is 18.9 Å². The maximum atomic E-state index is 5.77. The lowest BCUT2D eigenvalue weighted by Gasteiger charge is -2.31. The van der Waals surface area contributed by atoms with Gasteiger partial charge in [-0.3, -0.25) is 4.90 Å². The molecule has 0 N–H and O–H groups in total. The van der Waals surface area contributed by atoms with Crippen LogP contribution in [0.2, 0.25) is 0 Å². The molecule has 0 spiro atoms. The van der Waals surface area contributed by atoms with Crippen LogP contribution in [-0.4, -0.2) is 58.7 Å². The molecule has 2 aliphatic heterocycles. The molecule has 1 aromatic carbocycles. The second kappa shape index (κ2) is 6.25. The van der Waals surface area contributed by atoms with Crippen LogP contribution >= 0.6 is 0 Å². The van der Waals surface area contributed by atoms with Gasteiger partial charge in [-0.2, -0.15) is 4.80 Å². The quantitative estimate of drug-likeness (QED) is 0.801. The van der Waals surface area contributed by atoms with Crippen molar-refractivity contribution in [2.75, 3.05) is 33.6 Å². The molecule has 3 heterocycles. The topological polar surface area (TPSA) is 83.8 Å². The van der Waals surface area contributed by atoms with Gasteiger partial charge in [0.15, 0.2) is 11.5 Å². The molecule has 4 rings (SSSR count). The van der Waals surface area contributed by atoms with Gasteiger partial charge in [-0.1, -0.05) is 0 Å². The molecule has 1 fully saturated rings. The second-order valence-electron chi connectivity index (χ2n) is 5.76. The van der Waals surface area contributed by atoms with E-state index in [1.54, 1.807) is 14.2 Å². The van der Waals surface area contributed by atoms with E-state index in [1.165, 1.54) is 4.80 Å². The van der Waals surface area contributed by atoms with Crippen molar-refractivity contribution >= 4 is 0 Å². The predicted molar refractivity (Wildman–Crippen MR) is 81.9 cm³/mol. The van der Waals surface area contributed by atoms with Crippen molar-refractivity contribution in [3.8, 4) is 17.2 Å². The van der Waals surface area contributed by atoms with Gasteiger partial charge in [0.05, 0.1) is 20.8 Å². The van der Waals surface area contributed by atoms with Gasteiger partial charge >= 0.3 is 0 Å². The highest BCUT2D eigenvalue weighted by Gasteiger charge is 2.27. The van der Waals surface area contributed by atoms with Gasteiger partial charge in [-0.25, -0.2) is 0 Å². The fourth-order valence-electron chi connectivity index (χ4n) is 2.96. The highest BCUT2D eigenvalue weighted by molar-refractivity contribution is 5.55. The molecule has 1 aromatic heterocycles. The van der Waals surface area contributed by atoms with Crippen LogP contribution < -0.4 is 14.2 Å². The molecular formula is C15H19N5O4. The van der Waals surface area contributed by atoms with E-state index in [0.29, 0.717) is 30.5 Å².